The summed E-state index contributed by atoms with van der Waals surface area (Å²) >= 11 is 0. The van der Waals surface area contributed by atoms with E-state index in [1.54, 1.807) is 42.3 Å². The molecule has 21 heavy (non-hydrogen) atoms. The Morgan fingerprint density at radius 3 is 2.76 bits per heavy atom. The van der Waals surface area contributed by atoms with E-state index >= 15 is 0 Å². The summed E-state index contributed by atoms with van der Waals surface area (Å²) in [7, 11) is -1.79. The van der Waals surface area contributed by atoms with Crippen LogP contribution in [-0.4, -0.2) is 36.3 Å². The molecular weight excluding hydrogens is 290 g/mol. The van der Waals surface area contributed by atoms with Crippen LogP contribution in [0.2, 0.25) is 0 Å². The molecule has 0 saturated carbocycles. The van der Waals surface area contributed by atoms with Crippen molar-refractivity contribution in [3.05, 3.63) is 42.4 Å². The Hall–Kier alpha value is -1.77. The van der Waals surface area contributed by atoms with Gasteiger partial charge in [-0.25, -0.2) is 18.1 Å². The molecule has 0 aliphatic carbocycles. The maximum absolute atomic E-state index is 12.2. The van der Waals surface area contributed by atoms with Gasteiger partial charge in [-0.2, -0.15) is 5.10 Å². The average Bonchev–Trinajstić information content (AvgIpc) is 2.92. The Morgan fingerprint density at radius 1 is 1.38 bits per heavy atom. The van der Waals surface area contributed by atoms with Gasteiger partial charge in [-0.3, -0.25) is 4.68 Å². The van der Waals surface area contributed by atoms with E-state index in [9.17, 15) is 8.42 Å². The maximum atomic E-state index is 12.2. The van der Waals surface area contributed by atoms with Crippen molar-refractivity contribution >= 4 is 10.0 Å². The van der Waals surface area contributed by atoms with E-state index in [0.29, 0.717) is 13.1 Å². The van der Waals surface area contributed by atoms with Crippen molar-refractivity contribution in [2.75, 3.05) is 7.05 Å². The summed E-state index contributed by atoms with van der Waals surface area (Å²) in [4.78, 5) is 4.01. The molecule has 2 aromatic heterocycles. The number of hydrogen-bond acceptors (Lipinski definition) is 5. The Labute approximate surface area is 124 Å². The lowest BCUT2D eigenvalue weighted by Gasteiger charge is -2.14. The zero-order chi connectivity index (χ0) is 15.3. The van der Waals surface area contributed by atoms with Gasteiger partial charge in [0, 0.05) is 31.2 Å². The number of hydrogen-bond donors (Lipinski definition) is 2. The normalized spacial score (nSPS) is 13.2. The second-order valence-corrected chi connectivity index (χ2v) is 6.45. The van der Waals surface area contributed by atoms with Gasteiger partial charge < -0.3 is 5.32 Å². The molecular formula is C13H19N5O2S. The van der Waals surface area contributed by atoms with Gasteiger partial charge in [0.15, 0.2) is 5.03 Å². The van der Waals surface area contributed by atoms with Crippen molar-refractivity contribution in [3.63, 3.8) is 0 Å². The van der Waals surface area contributed by atoms with Crippen LogP contribution in [0.5, 0.6) is 0 Å². The summed E-state index contributed by atoms with van der Waals surface area (Å²) in [5, 5.41) is 7.06. The highest BCUT2D eigenvalue weighted by molar-refractivity contribution is 7.89. The third kappa shape index (κ3) is 4.35. The Bertz CT molecular complexity index is 652. The highest BCUT2D eigenvalue weighted by atomic mass is 32.2. The molecule has 114 valence electrons. The highest BCUT2D eigenvalue weighted by Crippen LogP contribution is 2.08. The van der Waals surface area contributed by atoms with Gasteiger partial charge in [0.1, 0.15) is 0 Å². The zero-order valence-electron chi connectivity index (χ0n) is 12.0. The Kier molecular flexibility index (Phi) is 5.05. The fourth-order valence-corrected chi connectivity index (χ4v) is 3.09. The van der Waals surface area contributed by atoms with E-state index in [4.69, 9.17) is 0 Å². The third-order valence-corrected chi connectivity index (χ3v) is 4.34. The van der Waals surface area contributed by atoms with Gasteiger partial charge in [-0.1, -0.05) is 6.07 Å². The smallest absolute Gasteiger partial charge is 0.258 e. The lowest BCUT2D eigenvalue weighted by Crippen LogP contribution is -2.36. The minimum atomic E-state index is -3.62. The van der Waals surface area contributed by atoms with Crippen LogP contribution in [0, 0.1) is 0 Å². The van der Waals surface area contributed by atoms with Gasteiger partial charge in [0.25, 0.3) is 10.0 Å². The van der Waals surface area contributed by atoms with E-state index in [-0.39, 0.29) is 11.1 Å². The summed E-state index contributed by atoms with van der Waals surface area (Å²) in [6.45, 7) is 2.90. The first-order valence-corrected chi connectivity index (χ1v) is 8.09. The first-order chi connectivity index (χ1) is 10.0. The second kappa shape index (κ2) is 6.79. The molecule has 8 heteroatoms. The number of aromatic nitrogens is 3. The minimum absolute atomic E-state index is 0.0228. The first kappa shape index (κ1) is 15.6. The van der Waals surface area contributed by atoms with Crippen LogP contribution in [0.25, 0.3) is 0 Å². The molecule has 2 N–H and O–H groups in total. The SMILES string of the molecule is CNCc1ccc(S(=O)(=O)NC(C)Cn2cccn2)nc1. The molecule has 0 aromatic carbocycles. The Balaban J connectivity index is 2.03. The summed E-state index contributed by atoms with van der Waals surface area (Å²) in [5.74, 6) is 0. The molecule has 0 amide bonds. The van der Waals surface area contributed by atoms with Gasteiger partial charge in [0.2, 0.25) is 0 Å². The zero-order valence-corrected chi connectivity index (χ0v) is 12.8. The van der Waals surface area contributed by atoms with Crippen LogP contribution in [0.3, 0.4) is 0 Å². The Morgan fingerprint density at radius 2 is 2.19 bits per heavy atom. The molecule has 2 rings (SSSR count). The van der Waals surface area contributed by atoms with Crippen LogP contribution in [-0.2, 0) is 23.1 Å². The predicted octanol–water partition coefficient (Wildman–Crippen LogP) is 0.364. The standard InChI is InChI=1S/C13H19N5O2S/c1-11(10-18-7-3-6-16-18)17-21(19,20)13-5-4-12(8-14-2)9-15-13/h3-7,9,11,14,17H,8,10H2,1-2H3. The van der Waals surface area contributed by atoms with Crippen LogP contribution in [0.1, 0.15) is 12.5 Å². The summed E-state index contributed by atoms with van der Waals surface area (Å²) < 4.78 is 28.7. The quantitative estimate of drug-likeness (QED) is 0.771. The van der Waals surface area contributed by atoms with Crippen LogP contribution in [0.4, 0.5) is 0 Å². The molecule has 0 aliphatic rings. The fourth-order valence-electron chi connectivity index (χ4n) is 1.93. The number of rotatable bonds is 7. The maximum Gasteiger partial charge on any atom is 0.258 e. The minimum Gasteiger partial charge on any atom is -0.316 e. The molecule has 0 aliphatic heterocycles. The molecule has 1 atom stereocenters. The number of pyridine rings is 1. The molecule has 0 fully saturated rings. The lowest BCUT2D eigenvalue weighted by molar-refractivity contribution is 0.492. The predicted molar refractivity (Wildman–Crippen MR) is 79.0 cm³/mol. The summed E-state index contributed by atoms with van der Waals surface area (Å²) in [6, 6.07) is 4.77. The van der Waals surface area contributed by atoms with Crippen molar-refractivity contribution in [2.24, 2.45) is 0 Å². The second-order valence-electron chi connectivity index (χ2n) is 4.79. The molecule has 2 heterocycles. The lowest BCUT2D eigenvalue weighted by atomic mass is 10.3. The number of sulfonamides is 1. The van der Waals surface area contributed by atoms with Crippen LogP contribution < -0.4 is 10.0 Å². The van der Waals surface area contributed by atoms with E-state index in [1.807, 2.05) is 7.05 Å². The van der Waals surface area contributed by atoms with Crippen LogP contribution >= 0.6 is 0 Å². The van der Waals surface area contributed by atoms with E-state index in [1.165, 1.54) is 6.07 Å². The molecule has 0 radical (unpaired) electrons. The van der Waals surface area contributed by atoms with Gasteiger partial charge >= 0.3 is 0 Å². The molecule has 0 spiro atoms. The topological polar surface area (TPSA) is 88.9 Å². The largest absolute Gasteiger partial charge is 0.316 e. The third-order valence-electron chi connectivity index (χ3n) is 2.83. The summed E-state index contributed by atoms with van der Waals surface area (Å²) in [6.07, 6.45) is 5.00. The molecule has 2 aromatic rings. The molecule has 7 nitrogen and oxygen atoms in total. The van der Waals surface area contributed by atoms with E-state index in [0.717, 1.165) is 5.56 Å². The molecule has 0 bridgehead atoms. The molecule has 1 unspecified atom stereocenters. The van der Waals surface area contributed by atoms with Crippen molar-refractivity contribution in [1.82, 2.24) is 24.8 Å². The van der Waals surface area contributed by atoms with Crippen molar-refractivity contribution in [2.45, 2.75) is 31.1 Å². The van der Waals surface area contributed by atoms with Crippen molar-refractivity contribution in [3.8, 4) is 0 Å². The monoisotopic (exact) mass is 309 g/mol. The van der Waals surface area contributed by atoms with Gasteiger partial charge in [-0.05, 0) is 31.7 Å². The number of nitrogens with one attached hydrogen (secondary N) is 2. The average molecular weight is 309 g/mol. The fraction of sp³-hybridized carbons (Fsp3) is 0.385. The van der Waals surface area contributed by atoms with Crippen molar-refractivity contribution in [1.29, 1.82) is 0 Å². The van der Waals surface area contributed by atoms with Gasteiger partial charge in [-0.15, -0.1) is 0 Å². The van der Waals surface area contributed by atoms with Crippen LogP contribution in [0.15, 0.2) is 41.8 Å². The number of nitrogens with zero attached hydrogens (tertiary/aromatic N) is 3. The van der Waals surface area contributed by atoms with Crippen molar-refractivity contribution < 1.29 is 8.42 Å². The molecule has 0 saturated heterocycles. The van der Waals surface area contributed by atoms with E-state index in [2.05, 4.69) is 20.1 Å². The van der Waals surface area contributed by atoms with E-state index < -0.39 is 10.0 Å². The van der Waals surface area contributed by atoms with Gasteiger partial charge in [0.05, 0.1) is 6.54 Å². The first-order valence-electron chi connectivity index (χ1n) is 6.60. The summed E-state index contributed by atoms with van der Waals surface area (Å²) in [5.41, 5.74) is 0.932. The highest BCUT2D eigenvalue weighted by Gasteiger charge is 2.19.